The molecule has 2 aromatic carbocycles. The Bertz CT molecular complexity index is 1060. The van der Waals surface area contributed by atoms with Crippen molar-refractivity contribution >= 4 is 28.3 Å². The Morgan fingerprint density at radius 1 is 1.11 bits per heavy atom. The van der Waals surface area contributed by atoms with Gasteiger partial charge in [-0.2, -0.15) is 0 Å². The maximum atomic E-state index is 12.7. The topological polar surface area (TPSA) is 56.2 Å². The molecule has 0 fully saturated rings. The lowest BCUT2D eigenvalue weighted by Crippen LogP contribution is -2.30. The third-order valence-electron chi connectivity index (χ3n) is 4.49. The molecule has 2 heterocycles. The first-order valence-electron chi connectivity index (χ1n) is 9.15. The first kappa shape index (κ1) is 18.3. The van der Waals surface area contributed by atoms with E-state index in [1.807, 2.05) is 83.6 Å². The van der Waals surface area contributed by atoms with Crippen molar-refractivity contribution in [3.05, 3.63) is 82.8 Å². The van der Waals surface area contributed by atoms with Crippen LogP contribution in [0.1, 0.15) is 23.7 Å². The van der Waals surface area contributed by atoms with Crippen LogP contribution >= 0.6 is 11.3 Å². The molecule has 0 radical (unpaired) electrons. The van der Waals surface area contributed by atoms with Gasteiger partial charge in [-0.15, -0.1) is 11.3 Å². The number of rotatable bonds is 7. The Kier molecular flexibility index (Phi) is 5.39. The standard InChI is InChI=1S/C22H21N3O2S/c1-16(20-12-7-13-28-20)23-22(26)14-25-19-11-6-5-10-18(19)24-21(25)15-27-17-8-3-2-4-9-17/h2-13,16H,14-15H2,1H3,(H,23,26)/t16-/m0/s1. The summed E-state index contributed by atoms with van der Waals surface area (Å²) in [7, 11) is 0. The molecule has 0 bridgehead atoms. The molecule has 6 heteroatoms. The molecule has 0 aliphatic heterocycles. The average molecular weight is 391 g/mol. The van der Waals surface area contributed by atoms with E-state index in [9.17, 15) is 4.79 Å². The molecule has 0 spiro atoms. The lowest BCUT2D eigenvalue weighted by atomic mass is 10.2. The highest BCUT2D eigenvalue weighted by Crippen LogP contribution is 2.20. The molecule has 2 aromatic heterocycles. The number of imidazole rings is 1. The number of nitrogens with zero attached hydrogens (tertiary/aromatic N) is 2. The average Bonchev–Trinajstić information content (AvgIpc) is 3.36. The summed E-state index contributed by atoms with van der Waals surface area (Å²) in [5.74, 6) is 1.45. The highest BCUT2D eigenvalue weighted by atomic mass is 32.1. The van der Waals surface area contributed by atoms with Gasteiger partial charge in [-0.3, -0.25) is 4.79 Å². The zero-order chi connectivity index (χ0) is 19.3. The van der Waals surface area contributed by atoms with E-state index >= 15 is 0 Å². The Labute approximate surface area is 167 Å². The zero-order valence-electron chi connectivity index (χ0n) is 15.5. The van der Waals surface area contributed by atoms with Crippen LogP contribution in [0, 0.1) is 0 Å². The van der Waals surface area contributed by atoms with Gasteiger partial charge in [0, 0.05) is 4.88 Å². The van der Waals surface area contributed by atoms with Crippen LogP contribution in [0.15, 0.2) is 72.1 Å². The number of nitrogens with one attached hydrogen (secondary N) is 1. The molecule has 0 saturated carbocycles. The van der Waals surface area contributed by atoms with E-state index < -0.39 is 0 Å². The molecular formula is C22H21N3O2S. The van der Waals surface area contributed by atoms with E-state index in [0.717, 1.165) is 27.5 Å². The van der Waals surface area contributed by atoms with Crippen molar-refractivity contribution in [3.8, 4) is 5.75 Å². The van der Waals surface area contributed by atoms with Crippen molar-refractivity contribution in [3.63, 3.8) is 0 Å². The first-order valence-corrected chi connectivity index (χ1v) is 10.0. The van der Waals surface area contributed by atoms with Gasteiger partial charge in [-0.25, -0.2) is 4.98 Å². The number of carbonyl (C=O) groups excluding carboxylic acids is 1. The third-order valence-corrected chi connectivity index (χ3v) is 5.55. The van der Waals surface area contributed by atoms with Crippen LogP contribution in [0.5, 0.6) is 5.75 Å². The van der Waals surface area contributed by atoms with Crippen LogP contribution in [-0.4, -0.2) is 15.5 Å². The van der Waals surface area contributed by atoms with Crippen molar-refractivity contribution in [2.45, 2.75) is 26.1 Å². The summed E-state index contributed by atoms with van der Waals surface area (Å²) in [5, 5.41) is 5.08. The third kappa shape index (κ3) is 4.07. The predicted molar refractivity (Wildman–Crippen MR) is 111 cm³/mol. The van der Waals surface area contributed by atoms with E-state index in [0.29, 0.717) is 6.61 Å². The summed E-state index contributed by atoms with van der Waals surface area (Å²) in [4.78, 5) is 18.5. The van der Waals surface area contributed by atoms with Crippen molar-refractivity contribution in [1.82, 2.24) is 14.9 Å². The van der Waals surface area contributed by atoms with Gasteiger partial charge in [-0.05, 0) is 42.6 Å². The molecular weight excluding hydrogens is 370 g/mol. The largest absolute Gasteiger partial charge is 0.486 e. The van der Waals surface area contributed by atoms with E-state index in [2.05, 4.69) is 10.3 Å². The summed E-state index contributed by atoms with van der Waals surface area (Å²) in [6.07, 6.45) is 0. The second-order valence-corrected chi connectivity index (χ2v) is 7.49. The van der Waals surface area contributed by atoms with Crippen LogP contribution < -0.4 is 10.1 Å². The number of hydrogen-bond donors (Lipinski definition) is 1. The Hall–Kier alpha value is -3.12. The molecule has 1 atom stereocenters. The van der Waals surface area contributed by atoms with E-state index in [-0.39, 0.29) is 18.5 Å². The molecule has 4 aromatic rings. The number of thiophene rings is 1. The molecule has 1 amide bonds. The fraction of sp³-hybridized carbons (Fsp3) is 0.182. The van der Waals surface area contributed by atoms with Crippen LogP contribution in [0.25, 0.3) is 11.0 Å². The Morgan fingerprint density at radius 3 is 2.68 bits per heavy atom. The first-order chi connectivity index (χ1) is 13.7. The monoisotopic (exact) mass is 391 g/mol. The highest BCUT2D eigenvalue weighted by molar-refractivity contribution is 7.10. The second kappa shape index (κ2) is 8.27. The summed E-state index contributed by atoms with van der Waals surface area (Å²) in [6.45, 7) is 2.49. The lowest BCUT2D eigenvalue weighted by molar-refractivity contribution is -0.122. The van der Waals surface area contributed by atoms with Gasteiger partial charge in [0.05, 0.1) is 17.1 Å². The predicted octanol–water partition coefficient (Wildman–Crippen LogP) is 4.55. The van der Waals surface area contributed by atoms with Crippen molar-refractivity contribution in [2.75, 3.05) is 0 Å². The summed E-state index contributed by atoms with van der Waals surface area (Å²) in [6, 6.07) is 21.4. The normalized spacial score (nSPS) is 12.0. The molecule has 4 rings (SSSR count). The molecule has 1 N–H and O–H groups in total. The summed E-state index contributed by atoms with van der Waals surface area (Å²) >= 11 is 1.64. The van der Waals surface area contributed by atoms with E-state index in [4.69, 9.17) is 4.74 Å². The van der Waals surface area contributed by atoms with Gasteiger partial charge in [0.1, 0.15) is 24.7 Å². The van der Waals surface area contributed by atoms with E-state index in [1.165, 1.54) is 0 Å². The fourth-order valence-electron chi connectivity index (χ4n) is 3.12. The van der Waals surface area contributed by atoms with Crippen LogP contribution in [0.3, 0.4) is 0 Å². The number of hydrogen-bond acceptors (Lipinski definition) is 4. The molecule has 0 aliphatic rings. The number of aromatic nitrogens is 2. The highest BCUT2D eigenvalue weighted by Gasteiger charge is 2.16. The van der Waals surface area contributed by atoms with Gasteiger partial charge in [0.25, 0.3) is 0 Å². The van der Waals surface area contributed by atoms with Crippen LogP contribution in [0.4, 0.5) is 0 Å². The summed E-state index contributed by atoms with van der Waals surface area (Å²) < 4.78 is 7.80. The van der Waals surface area contributed by atoms with Crippen molar-refractivity contribution < 1.29 is 9.53 Å². The fourth-order valence-corrected chi connectivity index (χ4v) is 3.85. The van der Waals surface area contributed by atoms with Crippen molar-refractivity contribution in [2.24, 2.45) is 0 Å². The minimum Gasteiger partial charge on any atom is -0.486 e. The smallest absolute Gasteiger partial charge is 0.240 e. The minimum absolute atomic E-state index is 0.0219. The second-order valence-electron chi connectivity index (χ2n) is 6.51. The quantitative estimate of drug-likeness (QED) is 0.503. The summed E-state index contributed by atoms with van der Waals surface area (Å²) in [5.41, 5.74) is 1.78. The number of fused-ring (bicyclic) bond motifs is 1. The molecule has 0 saturated heterocycles. The SMILES string of the molecule is C[C@H](NC(=O)Cn1c(COc2ccccc2)nc2ccccc21)c1cccs1. The van der Waals surface area contributed by atoms with Crippen molar-refractivity contribution in [1.29, 1.82) is 0 Å². The van der Waals surface area contributed by atoms with Crippen LogP contribution in [0.2, 0.25) is 0 Å². The number of amides is 1. The zero-order valence-corrected chi connectivity index (χ0v) is 16.4. The number of para-hydroxylation sites is 3. The molecule has 28 heavy (non-hydrogen) atoms. The number of benzene rings is 2. The van der Waals surface area contributed by atoms with Crippen LogP contribution in [-0.2, 0) is 17.9 Å². The number of ether oxygens (including phenoxy) is 1. The molecule has 5 nitrogen and oxygen atoms in total. The van der Waals surface area contributed by atoms with Gasteiger partial charge < -0.3 is 14.6 Å². The Balaban J connectivity index is 1.53. The molecule has 0 unspecified atom stereocenters. The maximum absolute atomic E-state index is 12.7. The lowest BCUT2D eigenvalue weighted by Gasteiger charge is -2.14. The van der Waals surface area contributed by atoms with Gasteiger partial charge in [0.15, 0.2) is 0 Å². The van der Waals surface area contributed by atoms with Gasteiger partial charge in [0.2, 0.25) is 5.91 Å². The van der Waals surface area contributed by atoms with E-state index in [1.54, 1.807) is 11.3 Å². The maximum Gasteiger partial charge on any atom is 0.240 e. The number of carbonyl (C=O) groups is 1. The van der Waals surface area contributed by atoms with Gasteiger partial charge >= 0.3 is 0 Å². The Morgan fingerprint density at radius 2 is 1.89 bits per heavy atom. The minimum atomic E-state index is -0.0509. The molecule has 142 valence electrons. The van der Waals surface area contributed by atoms with Gasteiger partial charge in [-0.1, -0.05) is 36.4 Å². The molecule has 0 aliphatic carbocycles.